The van der Waals surface area contributed by atoms with Crippen LogP contribution < -0.4 is 10.1 Å². The van der Waals surface area contributed by atoms with Gasteiger partial charge in [-0.25, -0.2) is 4.79 Å². The Morgan fingerprint density at radius 1 is 1.23 bits per heavy atom. The van der Waals surface area contributed by atoms with Gasteiger partial charge in [0.15, 0.2) is 0 Å². The molecule has 1 aromatic carbocycles. The SMILES string of the molecule is CCC[C@@](C)(OC)C(=O)Nc1ccc(O[C@@H](C)CC)c(C(=O)OCC)c1. The van der Waals surface area contributed by atoms with Crippen molar-refractivity contribution >= 4 is 17.6 Å². The van der Waals surface area contributed by atoms with Gasteiger partial charge in [0.2, 0.25) is 0 Å². The molecule has 6 heteroatoms. The minimum atomic E-state index is -0.926. The van der Waals surface area contributed by atoms with E-state index in [4.69, 9.17) is 14.2 Å². The van der Waals surface area contributed by atoms with Gasteiger partial charge in [-0.3, -0.25) is 4.79 Å². The number of esters is 1. The van der Waals surface area contributed by atoms with E-state index < -0.39 is 11.6 Å². The Labute approximate surface area is 156 Å². The summed E-state index contributed by atoms with van der Waals surface area (Å²) in [6.45, 7) is 9.68. The van der Waals surface area contributed by atoms with Crippen molar-refractivity contribution in [1.82, 2.24) is 0 Å². The molecular formula is C20H31NO5. The maximum Gasteiger partial charge on any atom is 0.341 e. The summed E-state index contributed by atoms with van der Waals surface area (Å²) < 4.78 is 16.3. The average molecular weight is 365 g/mol. The number of nitrogens with one attached hydrogen (secondary N) is 1. The molecule has 0 spiro atoms. The molecule has 146 valence electrons. The summed E-state index contributed by atoms with van der Waals surface area (Å²) in [6.07, 6.45) is 2.18. The van der Waals surface area contributed by atoms with E-state index in [0.29, 0.717) is 23.4 Å². The van der Waals surface area contributed by atoms with Crippen LogP contribution >= 0.6 is 0 Å². The standard InChI is InChI=1S/C20H31NO5/c1-7-12-20(5,24-6)19(23)21-15-10-11-17(26-14(4)8-2)16(13-15)18(22)25-9-3/h10-11,13-14H,7-9,12H2,1-6H3,(H,21,23)/t14-,20+/m0/s1. The molecule has 0 saturated carbocycles. The van der Waals surface area contributed by atoms with Crippen molar-refractivity contribution in [3.63, 3.8) is 0 Å². The van der Waals surface area contributed by atoms with Crippen LogP contribution in [0.3, 0.4) is 0 Å². The Bertz CT molecular complexity index is 616. The molecular weight excluding hydrogens is 334 g/mol. The fraction of sp³-hybridized carbons (Fsp3) is 0.600. The van der Waals surface area contributed by atoms with Gasteiger partial charge in [0, 0.05) is 12.8 Å². The lowest BCUT2D eigenvalue weighted by Crippen LogP contribution is -2.41. The molecule has 0 aliphatic carbocycles. The first-order chi connectivity index (χ1) is 12.3. The second kappa shape index (κ2) is 10.2. The fourth-order valence-electron chi connectivity index (χ4n) is 2.43. The number of methoxy groups -OCH3 is 1. The molecule has 1 aromatic rings. The van der Waals surface area contributed by atoms with Crippen LogP contribution in [0.5, 0.6) is 5.75 Å². The number of hydrogen-bond acceptors (Lipinski definition) is 5. The zero-order chi connectivity index (χ0) is 19.7. The summed E-state index contributed by atoms with van der Waals surface area (Å²) in [5.74, 6) is -0.295. The van der Waals surface area contributed by atoms with Gasteiger partial charge in [0.05, 0.1) is 12.7 Å². The average Bonchev–Trinajstić information content (AvgIpc) is 2.62. The lowest BCUT2D eigenvalue weighted by molar-refractivity contribution is -0.136. The van der Waals surface area contributed by atoms with Crippen LogP contribution in [-0.4, -0.2) is 37.3 Å². The molecule has 0 fully saturated rings. The van der Waals surface area contributed by atoms with Crippen LogP contribution in [0.25, 0.3) is 0 Å². The molecule has 1 rings (SSSR count). The van der Waals surface area contributed by atoms with E-state index in [-0.39, 0.29) is 18.6 Å². The molecule has 6 nitrogen and oxygen atoms in total. The number of carbonyl (C=O) groups excluding carboxylic acids is 2. The van der Waals surface area contributed by atoms with Crippen molar-refractivity contribution in [3.8, 4) is 5.75 Å². The van der Waals surface area contributed by atoms with Gasteiger partial charge in [-0.15, -0.1) is 0 Å². The fourth-order valence-corrected chi connectivity index (χ4v) is 2.43. The quantitative estimate of drug-likeness (QED) is 0.630. The van der Waals surface area contributed by atoms with Gasteiger partial charge in [0.25, 0.3) is 5.91 Å². The van der Waals surface area contributed by atoms with Crippen molar-refractivity contribution in [1.29, 1.82) is 0 Å². The minimum Gasteiger partial charge on any atom is -0.490 e. The van der Waals surface area contributed by atoms with Crippen molar-refractivity contribution < 1.29 is 23.8 Å². The van der Waals surface area contributed by atoms with Crippen LogP contribution in [0.1, 0.15) is 64.2 Å². The zero-order valence-corrected chi connectivity index (χ0v) is 16.7. The third-order valence-electron chi connectivity index (χ3n) is 4.29. The number of benzene rings is 1. The number of ether oxygens (including phenoxy) is 3. The lowest BCUT2D eigenvalue weighted by Gasteiger charge is -2.26. The molecule has 2 atom stereocenters. The van der Waals surface area contributed by atoms with E-state index in [9.17, 15) is 9.59 Å². The van der Waals surface area contributed by atoms with Gasteiger partial charge in [0.1, 0.15) is 16.9 Å². The second-order valence-corrected chi connectivity index (χ2v) is 6.41. The molecule has 0 aromatic heterocycles. The molecule has 0 saturated heterocycles. The van der Waals surface area contributed by atoms with Gasteiger partial charge in [-0.05, 0) is 51.8 Å². The number of anilines is 1. The van der Waals surface area contributed by atoms with Gasteiger partial charge >= 0.3 is 5.97 Å². The van der Waals surface area contributed by atoms with Crippen LogP contribution in [0.2, 0.25) is 0 Å². The van der Waals surface area contributed by atoms with E-state index in [1.54, 1.807) is 32.0 Å². The first kappa shape index (κ1) is 22.0. The van der Waals surface area contributed by atoms with E-state index >= 15 is 0 Å². The third kappa shape index (κ3) is 5.73. The summed E-state index contributed by atoms with van der Waals surface area (Å²) in [6, 6.07) is 4.97. The van der Waals surface area contributed by atoms with Crippen molar-refractivity contribution in [2.45, 2.75) is 65.6 Å². The Morgan fingerprint density at radius 2 is 1.92 bits per heavy atom. The minimum absolute atomic E-state index is 0.0371. The van der Waals surface area contributed by atoms with Crippen LogP contribution in [0, 0.1) is 0 Å². The molecule has 1 amide bonds. The van der Waals surface area contributed by atoms with Gasteiger partial charge < -0.3 is 19.5 Å². The summed E-state index contributed by atoms with van der Waals surface area (Å²) in [7, 11) is 1.52. The monoisotopic (exact) mass is 365 g/mol. The lowest BCUT2D eigenvalue weighted by atomic mass is 9.99. The highest BCUT2D eigenvalue weighted by Crippen LogP contribution is 2.27. The van der Waals surface area contributed by atoms with E-state index in [1.165, 1.54) is 7.11 Å². The van der Waals surface area contributed by atoms with Gasteiger partial charge in [-0.2, -0.15) is 0 Å². The highest BCUT2D eigenvalue weighted by molar-refractivity contribution is 5.99. The van der Waals surface area contributed by atoms with Crippen molar-refractivity contribution in [3.05, 3.63) is 23.8 Å². The predicted molar refractivity (Wildman–Crippen MR) is 102 cm³/mol. The Kier molecular flexibility index (Phi) is 8.58. The van der Waals surface area contributed by atoms with E-state index in [2.05, 4.69) is 5.32 Å². The van der Waals surface area contributed by atoms with Gasteiger partial charge in [-0.1, -0.05) is 20.3 Å². The third-order valence-corrected chi connectivity index (χ3v) is 4.29. The van der Waals surface area contributed by atoms with E-state index in [1.807, 2.05) is 20.8 Å². The number of hydrogen-bond donors (Lipinski definition) is 1. The smallest absolute Gasteiger partial charge is 0.341 e. The Balaban J connectivity index is 3.12. The molecule has 0 unspecified atom stereocenters. The topological polar surface area (TPSA) is 73.9 Å². The zero-order valence-electron chi connectivity index (χ0n) is 16.7. The maximum atomic E-state index is 12.6. The normalized spacial score (nSPS) is 14.2. The van der Waals surface area contributed by atoms with Crippen molar-refractivity contribution in [2.24, 2.45) is 0 Å². The first-order valence-electron chi connectivity index (χ1n) is 9.15. The molecule has 0 radical (unpaired) electrons. The Morgan fingerprint density at radius 3 is 2.46 bits per heavy atom. The van der Waals surface area contributed by atoms with Crippen LogP contribution in [0.15, 0.2) is 18.2 Å². The number of carbonyl (C=O) groups is 2. The largest absolute Gasteiger partial charge is 0.490 e. The predicted octanol–water partition coefficient (Wildman–Crippen LogP) is 4.18. The Hall–Kier alpha value is -2.08. The highest BCUT2D eigenvalue weighted by atomic mass is 16.5. The second-order valence-electron chi connectivity index (χ2n) is 6.41. The molecule has 0 heterocycles. The maximum absolute atomic E-state index is 12.6. The molecule has 0 aliphatic heterocycles. The van der Waals surface area contributed by atoms with Crippen LogP contribution in [0.4, 0.5) is 5.69 Å². The summed E-state index contributed by atoms with van der Waals surface area (Å²) >= 11 is 0. The summed E-state index contributed by atoms with van der Waals surface area (Å²) in [5.41, 5.74) is -0.140. The first-order valence-corrected chi connectivity index (χ1v) is 9.15. The number of rotatable bonds is 10. The van der Waals surface area contributed by atoms with Crippen LogP contribution in [-0.2, 0) is 14.3 Å². The van der Waals surface area contributed by atoms with Crippen molar-refractivity contribution in [2.75, 3.05) is 19.0 Å². The molecule has 0 bridgehead atoms. The number of amides is 1. The highest BCUT2D eigenvalue weighted by Gasteiger charge is 2.32. The molecule has 26 heavy (non-hydrogen) atoms. The summed E-state index contributed by atoms with van der Waals surface area (Å²) in [5, 5.41) is 2.82. The van der Waals surface area contributed by atoms with E-state index in [0.717, 1.165) is 12.8 Å². The molecule has 1 N–H and O–H groups in total. The summed E-state index contributed by atoms with van der Waals surface area (Å²) in [4.78, 5) is 24.9. The molecule has 0 aliphatic rings.